The second kappa shape index (κ2) is 8.84. The van der Waals surface area contributed by atoms with Crippen LogP contribution in [0.4, 0.5) is 5.82 Å². The standard InChI is InChI=1S/C23H20N4O5/c1-3-18(21(28)24-19-13-14(2)32-26-19)31-23(30)20-16-11-7-8-12-17(16)22(29)27(25-20)15-9-5-4-6-10-15/h4-13,18H,3H2,1-2H3,(H,24,26,28). The third-order valence-electron chi connectivity index (χ3n) is 4.79. The first-order valence-electron chi connectivity index (χ1n) is 10.0. The molecule has 2 aromatic carbocycles. The molecule has 4 aromatic rings. The lowest BCUT2D eigenvalue weighted by Crippen LogP contribution is -2.33. The lowest BCUT2D eigenvalue weighted by Gasteiger charge is -2.16. The summed E-state index contributed by atoms with van der Waals surface area (Å²) in [5.74, 6) is -0.605. The van der Waals surface area contributed by atoms with Gasteiger partial charge in [0.15, 0.2) is 17.6 Å². The molecule has 9 heteroatoms. The van der Waals surface area contributed by atoms with Gasteiger partial charge in [0, 0.05) is 11.5 Å². The number of hydrogen-bond acceptors (Lipinski definition) is 7. The Morgan fingerprint density at radius 1 is 1.09 bits per heavy atom. The summed E-state index contributed by atoms with van der Waals surface area (Å²) in [7, 11) is 0. The number of aromatic nitrogens is 3. The molecule has 4 rings (SSSR count). The van der Waals surface area contributed by atoms with Crippen molar-refractivity contribution in [2.45, 2.75) is 26.4 Å². The normalized spacial score (nSPS) is 11.8. The predicted molar refractivity (Wildman–Crippen MR) is 117 cm³/mol. The molecule has 1 N–H and O–H groups in total. The number of hydrogen-bond donors (Lipinski definition) is 1. The summed E-state index contributed by atoms with van der Waals surface area (Å²) in [4.78, 5) is 38.6. The third-order valence-corrected chi connectivity index (χ3v) is 4.79. The Labute approximate surface area is 182 Å². The monoisotopic (exact) mass is 432 g/mol. The number of fused-ring (bicyclic) bond motifs is 1. The van der Waals surface area contributed by atoms with E-state index in [9.17, 15) is 14.4 Å². The lowest BCUT2D eigenvalue weighted by molar-refractivity contribution is -0.124. The van der Waals surface area contributed by atoms with Crippen molar-refractivity contribution in [1.82, 2.24) is 14.9 Å². The number of nitrogens with zero attached hydrogens (tertiary/aromatic N) is 3. The summed E-state index contributed by atoms with van der Waals surface area (Å²) in [5.41, 5.74) is 0.0746. The zero-order valence-electron chi connectivity index (χ0n) is 17.4. The first-order chi connectivity index (χ1) is 15.5. The van der Waals surface area contributed by atoms with Crippen molar-refractivity contribution in [2.24, 2.45) is 0 Å². The van der Waals surface area contributed by atoms with Crippen molar-refractivity contribution in [1.29, 1.82) is 0 Å². The van der Waals surface area contributed by atoms with Gasteiger partial charge in [-0.05, 0) is 31.5 Å². The molecule has 0 aliphatic carbocycles. The van der Waals surface area contributed by atoms with Crippen LogP contribution in [0.25, 0.3) is 16.5 Å². The van der Waals surface area contributed by atoms with Gasteiger partial charge in [0.25, 0.3) is 11.5 Å². The van der Waals surface area contributed by atoms with Crippen LogP contribution in [0.3, 0.4) is 0 Å². The average Bonchev–Trinajstić information content (AvgIpc) is 3.22. The van der Waals surface area contributed by atoms with E-state index in [-0.39, 0.29) is 23.5 Å². The minimum atomic E-state index is -1.09. The van der Waals surface area contributed by atoms with Crippen LogP contribution < -0.4 is 10.9 Å². The molecule has 0 bridgehead atoms. The second-order valence-electron chi connectivity index (χ2n) is 7.06. The summed E-state index contributed by atoms with van der Waals surface area (Å²) in [5, 5.41) is 11.2. The molecule has 1 amide bonds. The minimum Gasteiger partial charge on any atom is -0.447 e. The van der Waals surface area contributed by atoms with Gasteiger partial charge < -0.3 is 14.6 Å². The van der Waals surface area contributed by atoms with E-state index in [1.54, 1.807) is 68.4 Å². The van der Waals surface area contributed by atoms with Crippen LogP contribution in [0.1, 0.15) is 29.6 Å². The Bertz CT molecular complexity index is 1340. The van der Waals surface area contributed by atoms with Crippen LogP contribution in [-0.2, 0) is 9.53 Å². The summed E-state index contributed by atoms with van der Waals surface area (Å²) in [6.07, 6.45) is -0.859. The largest absolute Gasteiger partial charge is 0.447 e. The molecule has 162 valence electrons. The zero-order valence-corrected chi connectivity index (χ0v) is 17.4. The molecular weight excluding hydrogens is 412 g/mol. The van der Waals surface area contributed by atoms with Gasteiger partial charge in [-0.1, -0.05) is 48.5 Å². The van der Waals surface area contributed by atoms with Crippen LogP contribution in [0, 0.1) is 6.92 Å². The predicted octanol–water partition coefficient (Wildman–Crippen LogP) is 3.26. The number of benzene rings is 2. The van der Waals surface area contributed by atoms with Crippen molar-refractivity contribution in [3.05, 3.63) is 82.5 Å². The highest BCUT2D eigenvalue weighted by Crippen LogP contribution is 2.18. The molecule has 1 atom stereocenters. The minimum absolute atomic E-state index is 0.0624. The van der Waals surface area contributed by atoms with Gasteiger partial charge in [0.05, 0.1) is 11.1 Å². The van der Waals surface area contributed by atoms with E-state index in [4.69, 9.17) is 9.26 Å². The summed E-state index contributed by atoms with van der Waals surface area (Å²) in [6.45, 7) is 3.40. The molecule has 9 nitrogen and oxygen atoms in total. The lowest BCUT2D eigenvalue weighted by atomic mass is 10.1. The zero-order chi connectivity index (χ0) is 22.7. The fourth-order valence-electron chi connectivity index (χ4n) is 3.22. The van der Waals surface area contributed by atoms with Crippen molar-refractivity contribution in [3.63, 3.8) is 0 Å². The van der Waals surface area contributed by atoms with Gasteiger partial charge >= 0.3 is 5.97 Å². The SMILES string of the molecule is CCC(OC(=O)c1nn(-c2ccccc2)c(=O)c2ccccc12)C(=O)Nc1cc(C)on1. The molecular formula is C23H20N4O5. The van der Waals surface area contributed by atoms with Gasteiger partial charge in [-0.15, -0.1) is 0 Å². The van der Waals surface area contributed by atoms with Crippen molar-refractivity contribution in [3.8, 4) is 5.69 Å². The van der Waals surface area contributed by atoms with Crippen molar-refractivity contribution >= 4 is 28.5 Å². The second-order valence-corrected chi connectivity index (χ2v) is 7.06. The Balaban J connectivity index is 1.69. The number of carbonyl (C=O) groups excluding carboxylic acids is 2. The van der Waals surface area contributed by atoms with Gasteiger partial charge in [-0.3, -0.25) is 9.59 Å². The Hall–Kier alpha value is -4.27. The van der Waals surface area contributed by atoms with E-state index in [0.29, 0.717) is 22.2 Å². The molecule has 0 saturated carbocycles. The van der Waals surface area contributed by atoms with Crippen LogP contribution in [0.2, 0.25) is 0 Å². The van der Waals surface area contributed by atoms with E-state index in [2.05, 4.69) is 15.6 Å². The first-order valence-corrected chi connectivity index (χ1v) is 10.0. The van der Waals surface area contributed by atoms with Gasteiger partial charge in [-0.2, -0.15) is 9.78 Å². The van der Waals surface area contributed by atoms with E-state index in [1.165, 1.54) is 0 Å². The van der Waals surface area contributed by atoms with Gasteiger partial charge in [0.1, 0.15) is 5.76 Å². The molecule has 0 spiro atoms. The summed E-state index contributed by atoms with van der Waals surface area (Å²) < 4.78 is 11.6. The van der Waals surface area contributed by atoms with Gasteiger partial charge in [-0.25, -0.2) is 4.79 Å². The number of para-hydroxylation sites is 1. The number of carbonyl (C=O) groups is 2. The number of aryl methyl sites for hydroxylation is 1. The maximum Gasteiger partial charge on any atom is 0.360 e. The van der Waals surface area contributed by atoms with Crippen molar-refractivity contribution < 1.29 is 18.8 Å². The molecule has 2 heterocycles. The molecule has 0 fully saturated rings. The first kappa shape index (κ1) is 21.0. The number of esters is 1. The highest BCUT2D eigenvalue weighted by molar-refractivity contribution is 6.03. The number of anilines is 1. The molecule has 0 aliphatic rings. The van der Waals surface area contributed by atoms with Crippen LogP contribution in [0.5, 0.6) is 0 Å². The summed E-state index contributed by atoms with van der Waals surface area (Å²) in [6, 6.07) is 16.9. The number of ether oxygens (including phenoxy) is 1. The van der Waals surface area contributed by atoms with Crippen molar-refractivity contribution in [2.75, 3.05) is 5.32 Å². The molecule has 0 radical (unpaired) electrons. The Morgan fingerprint density at radius 2 is 1.78 bits per heavy atom. The van der Waals surface area contributed by atoms with E-state index in [0.717, 1.165) is 4.68 Å². The Kier molecular flexibility index (Phi) is 5.80. The average molecular weight is 432 g/mol. The molecule has 0 saturated heterocycles. The van der Waals surface area contributed by atoms with E-state index < -0.39 is 18.0 Å². The van der Waals surface area contributed by atoms with Gasteiger partial charge in [0.2, 0.25) is 0 Å². The van der Waals surface area contributed by atoms with E-state index in [1.807, 2.05) is 6.07 Å². The van der Waals surface area contributed by atoms with Crippen LogP contribution in [-0.4, -0.2) is 32.9 Å². The quantitative estimate of drug-likeness (QED) is 0.465. The fraction of sp³-hybridized carbons (Fsp3) is 0.174. The molecule has 1 unspecified atom stereocenters. The maximum absolute atomic E-state index is 13.1. The maximum atomic E-state index is 13.1. The molecule has 2 aromatic heterocycles. The molecule has 32 heavy (non-hydrogen) atoms. The Morgan fingerprint density at radius 3 is 2.44 bits per heavy atom. The highest BCUT2D eigenvalue weighted by Gasteiger charge is 2.26. The number of nitrogens with one attached hydrogen (secondary N) is 1. The smallest absolute Gasteiger partial charge is 0.360 e. The van der Waals surface area contributed by atoms with E-state index >= 15 is 0 Å². The molecule has 0 aliphatic heterocycles. The van der Waals surface area contributed by atoms with Crippen LogP contribution in [0.15, 0.2) is 70.0 Å². The third kappa shape index (κ3) is 4.13. The van der Waals surface area contributed by atoms with Crippen LogP contribution >= 0.6 is 0 Å². The fourth-order valence-corrected chi connectivity index (χ4v) is 3.22. The summed E-state index contributed by atoms with van der Waals surface area (Å²) >= 11 is 0. The highest BCUT2D eigenvalue weighted by atomic mass is 16.5. The number of amides is 1. The number of rotatable bonds is 6. The topological polar surface area (TPSA) is 116 Å².